The number of unbranched alkanes of at least 4 members (excludes halogenated alkanes) is 9. The minimum Gasteiger partial charge on any atom is -0.461 e. The normalized spacial score (nSPS) is 12.0. The van der Waals surface area contributed by atoms with Crippen LogP contribution in [0.5, 0.6) is 0 Å². The highest BCUT2D eigenvalue weighted by Gasteiger charge is 2.34. The van der Waals surface area contributed by atoms with Gasteiger partial charge in [0.25, 0.3) is 0 Å². The van der Waals surface area contributed by atoms with Crippen LogP contribution in [0.25, 0.3) is 0 Å². The van der Waals surface area contributed by atoms with Crippen molar-refractivity contribution in [2.24, 2.45) is 5.10 Å². The van der Waals surface area contributed by atoms with E-state index in [2.05, 4.69) is 12.0 Å². The second kappa shape index (κ2) is 17.7. The molecule has 0 aliphatic carbocycles. The van der Waals surface area contributed by atoms with Crippen molar-refractivity contribution >= 4 is 40.3 Å². The number of hydrogen-bond donors (Lipinski definition) is 0. The molecule has 0 N–H and O–H groups in total. The van der Waals surface area contributed by atoms with E-state index in [4.69, 9.17) is 16.3 Å². The van der Waals surface area contributed by atoms with Gasteiger partial charge in [-0.1, -0.05) is 94.1 Å². The van der Waals surface area contributed by atoms with Crippen molar-refractivity contribution in [2.45, 2.75) is 90.7 Å². The lowest BCUT2D eigenvalue weighted by atomic mass is 10.0. The molecule has 0 bridgehead atoms. The monoisotopic (exact) mass is 550 g/mol. The summed E-state index contributed by atoms with van der Waals surface area (Å²) in [4.78, 5) is 24.9. The number of likely N-dealkylation sites (N-methyl/N-ethyl adjacent to an activating group) is 1. The number of ether oxygens (including phenoxy) is 1. The Labute approximate surface area is 222 Å². The van der Waals surface area contributed by atoms with Crippen molar-refractivity contribution in [3.8, 4) is 0 Å². The summed E-state index contributed by atoms with van der Waals surface area (Å²) in [5.41, 5.74) is -1.18. The second-order valence-electron chi connectivity index (χ2n) is 8.55. The molecule has 1 aromatic rings. The van der Waals surface area contributed by atoms with E-state index in [1.807, 2.05) is 0 Å². The molecule has 5 nitrogen and oxygen atoms in total. The third-order valence-electron chi connectivity index (χ3n) is 5.51. The molecule has 0 spiro atoms. The lowest BCUT2D eigenvalue weighted by Gasteiger charge is -2.16. The summed E-state index contributed by atoms with van der Waals surface area (Å²) in [5.74, 6) is -0.716. The first-order chi connectivity index (χ1) is 17.1. The molecule has 1 aromatic carbocycles. The molecule has 0 radical (unpaired) electrons. The number of halogens is 4. The number of nitrogens with zero attached hydrogens (tertiary/aromatic N) is 2. The van der Waals surface area contributed by atoms with Gasteiger partial charge in [0.2, 0.25) is 11.0 Å². The Kier molecular flexibility index (Phi) is 15.8. The predicted molar refractivity (Wildman–Crippen MR) is 141 cm³/mol. The number of thioether (sulfide) groups is 1. The first kappa shape index (κ1) is 32.3. The minimum atomic E-state index is -4.65. The Morgan fingerprint density at radius 3 is 2.14 bits per heavy atom. The maximum absolute atomic E-state index is 13.3. The van der Waals surface area contributed by atoms with E-state index in [1.54, 1.807) is 6.92 Å². The molecule has 0 fully saturated rings. The summed E-state index contributed by atoms with van der Waals surface area (Å²) in [6.45, 7) is 4.02. The zero-order valence-electron chi connectivity index (χ0n) is 21.5. The number of amides is 1. The van der Waals surface area contributed by atoms with Crippen LogP contribution in [0, 0.1) is 0 Å². The molecule has 0 unspecified atom stereocenters. The zero-order chi connectivity index (χ0) is 27.0. The Morgan fingerprint density at radius 2 is 1.58 bits per heavy atom. The quantitative estimate of drug-likeness (QED) is 0.0732. The molecule has 1 amide bonds. The first-order valence-corrected chi connectivity index (χ1v) is 14.0. The van der Waals surface area contributed by atoms with Crippen LogP contribution in [0.4, 0.5) is 13.2 Å². The zero-order valence-corrected chi connectivity index (χ0v) is 23.0. The Bertz CT molecular complexity index is 850. The van der Waals surface area contributed by atoms with Crippen molar-refractivity contribution in [2.75, 3.05) is 19.4 Å². The molecule has 0 saturated carbocycles. The number of rotatable bonds is 15. The Hall–Kier alpha value is -1.74. The van der Waals surface area contributed by atoms with E-state index >= 15 is 0 Å². The smallest absolute Gasteiger partial charge is 0.416 e. The van der Waals surface area contributed by atoms with Crippen LogP contribution in [0.15, 0.2) is 23.3 Å². The molecule has 0 atom stereocenters. The molecule has 1 rings (SSSR count). The number of carbonyl (C=O) groups is 2. The maximum Gasteiger partial charge on any atom is 0.416 e. The van der Waals surface area contributed by atoms with E-state index in [-0.39, 0.29) is 22.2 Å². The summed E-state index contributed by atoms with van der Waals surface area (Å²) in [5, 5.41) is 4.90. The lowest BCUT2D eigenvalue weighted by molar-refractivity contribution is -0.138. The number of hydrazone groups is 1. The molecule has 0 aliphatic rings. The average molecular weight is 551 g/mol. The molecule has 204 valence electrons. The lowest BCUT2D eigenvalue weighted by Crippen LogP contribution is -2.27. The molecule has 0 heterocycles. The standard InChI is InChI=1S/C26H38ClF3N2O3S/c1-4-6-7-8-9-10-11-12-13-14-17-36-24(25(34)35-5-2)31-32(3)23(33)18-20-15-16-21(27)19-22(20)26(28,29)30/h15-16,19H,4-14,17-18H2,1-3H3/b31-24-. The second-order valence-corrected chi connectivity index (χ2v) is 10.1. The van der Waals surface area contributed by atoms with Crippen LogP contribution in [0.2, 0.25) is 5.02 Å². The van der Waals surface area contributed by atoms with Gasteiger partial charge < -0.3 is 4.74 Å². The summed E-state index contributed by atoms with van der Waals surface area (Å²) >= 11 is 6.90. The number of carbonyl (C=O) groups excluding carboxylic acids is 2. The fourth-order valence-electron chi connectivity index (χ4n) is 3.52. The third-order valence-corrected chi connectivity index (χ3v) is 6.76. The van der Waals surface area contributed by atoms with Crippen LogP contribution in [-0.2, 0) is 26.9 Å². The minimum absolute atomic E-state index is 0.00998. The van der Waals surface area contributed by atoms with Crippen molar-refractivity contribution in [1.29, 1.82) is 0 Å². The number of hydrogen-bond acceptors (Lipinski definition) is 5. The van der Waals surface area contributed by atoms with Gasteiger partial charge in [0.1, 0.15) is 0 Å². The Balaban J connectivity index is 2.63. The van der Waals surface area contributed by atoms with E-state index < -0.39 is 30.0 Å². The van der Waals surface area contributed by atoms with Gasteiger partial charge in [-0.3, -0.25) is 4.79 Å². The maximum atomic E-state index is 13.3. The van der Waals surface area contributed by atoms with Crippen LogP contribution in [-0.4, -0.2) is 41.3 Å². The highest BCUT2D eigenvalue weighted by atomic mass is 35.5. The molecule has 0 aromatic heterocycles. The van der Waals surface area contributed by atoms with Gasteiger partial charge in [-0.05, 0) is 36.8 Å². The molecular weight excluding hydrogens is 513 g/mol. The molecule has 0 saturated heterocycles. The average Bonchev–Trinajstić information content (AvgIpc) is 2.82. The highest BCUT2D eigenvalue weighted by molar-refractivity contribution is 8.15. The first-order valence-electron chi connectivity index (χ1n) is 12.6. The highest BCUT2D eigenvalue weighted by Crippen LogP contribution is 2.34. The van der Waals surface area contributed by atoms with Gasteiger partial charge in [0.05, 0.1) is 18.6 Å². The Morgan fingerprint density at radius 1 is 1.00 bits per heavy atom. The predicted octanol–water partition coefficient (Wildman–Crippen LogP) is 7.89. The molecule has 10 heteroatoms. The van der Waals surface area contributed by atoms with Crippen LogP contribution >= 0.6 is 23.4 Å². The largest absolute Gasteiger partial charge is 0.461 e. The van der Waals surface area contributed by atoms with E-state index in [9.17, 15) is 22.8 Å². The van der Waals surface area contributed by atoms with Gasteiger partial charge in [0.15, 0.2) is 0 Å². The van der Waals surface area contributed by atoms with Crippen molar-refractivity contribution in [3.05, 3.63) is 34.3 Å². The fraction of sp³-hybridized carbons (Fsp3) is 0.654. The van der Waals surface area contributed by atoms with Crippen molar-refractivity contribution < 1.29 is 27.5 Å². The van der Waals surface area contributed by atoms with E-state index in [1.165, 1.54) is 75.9 Å². The van der Waals surface area contributed by atoms with Crippen LogP contribution < -0.4 is 0 Å². The van der Waals surface area contributed by atoms with Gasteiger partial charge in [0, 0.05) is 12.1 Å². The number of alkyl halides is 3. The summed E-state index contributed by atoms with van der Waals surface area (Å²) < 4.78 is 45.1. The summed E-state index contributed by atoms with van der Waals surface area (Å²) in [7, 11) is 1.31. The van der Waals surface area contributed by atoms with Gasteiger partial charge in [-0.25, -0.2) is 9.80 Å². The summed E-state index contributed by atoms with van der Waals surface area (Å²) in [6.07, 6.45) is 6.72. The van der Waals surface area contributed by atoms with E-state index in [0.29, 0.717) is 5.75 Å². The van der Waals surface area contributed by atoms with Crippen LogP contribution in [0.3, 0.4) is 0 Å². The molecule has 36 heavy (non-hydrogen) atoms. The third kappa shape index (κ3) is 13.0. The molecule has 0 aliphatic heterocycles. The van der Waals surface area contributed by atoms with Gasteiger partial charge in [-0.2, -0.15) is 18.3 Å². The molecular formula is C26H38ClF3N2O3S. The number of esters is 1. The fourth-order valence-corrected chi connectivity index (χ4v) is 4.59. The topological polar surface area (TPSA) is 59.0 Å². The van der Waals surface area contributed by atoms with Gasteiger partial charge >= 0.3 is 12.1 Å². The van der Waals surface area contributed by atoms with Gasteiger partial charge in [-0.15, -0.1) is 0 Å². The van der Waals surface area contributed by atoms with E-state index in [0.717, 1.165) is 30.3 Å². The summed E-state index contributed by atoms with van der Waals surface area (Å²) in [6, 6.07) is 3.27. The SMILES string of the molecule is CCCCCCCCCCCCS/C(=N\N(C)C(=O)Cc1ccc(Cl)cc1C(F)(F)F)C(=O)OCC. The van der Waals surface area contributed by atoms with Crippen molar-refractivity contribution in [1.82, 2.24) is 5.01 Å². The number of benzene rings is 1. The van der Waals surface area contributed by atoms with Crippen LogP contribution in [0.1, 0.15) is 89.2 Å². The van der Waals surface area contributed by atoms with Crippen molar-refractivity contribution in [3.63, 3.8) is 0 Å².